The van der Waals surface area contributed by atoms with Crippen molar-refractivity contribution in [1.29, 1.82) is 0 Å². The van der Waals surface area contributed by atoms with Gasteiger partial charge >= 0.3 is 0 Å². The maximum Gasteiger partial charge on any atom is 0.290 e. The number of benzene rings is 1. The molecule has 3 aromatic rings. The molecular weight excluding hydrogens is 312 g/mol. The number of aromatic nitrogens is 2. The van der Waals surface area contributed by atoms with E-state index in [0.717, 1.165) is 16.8 Å². The number of nitrogens with zero attached hydrogens (tertiary/aromatic N) is 3. The van der Waals surface area contributed by atoms with Crippen molar-refractivity contribution < 1.29 is 4.79 Å². The lowest BCUT2D eigenvalue weighted by Crippen LogP contribution is -2.20. The zero-order valence-electron chi connectivity index (χ0n) is 14.9. The summed E-state index contributed by atoms with van der Waals surface area (Å²) in [6.07, 6.45) is 3.50. The van der Waals surface area contributed by atoms with E-state index in [1.165, 1.54) is 5.56 Å². The number of amides is 1. The lowest BCUT2D eigenvalue weighted by atomic mass is 10.0. The fraction of sp³-hybridized carbons (Fsp3) is 0.250. The van der Waals surface area contributed by atoms with E-state index >= 15 is 0 Å². The van der Waals surface area contributed by atoms with E-state index in [9.17, 15) is 4.79 Å². The molecule has 0 aliphatic rings. The Morgan fingerprint density at radius 2 is 1.92 bits per heavy atom. The molecule has 1 N–H and O–H groups in total. The van der Waals surface area contributed by atoms with Crippen molar-refractivity contribution in [3.05, 3.63) is 70.7 Å². The Kier molecular flexibility index (Phi) is 4.65. The standard InChI is InChI=1S/C20H22N4O/c1-13(2)17-7-5-16(6-8-17)12-21-23-20(25)19-15(4)22-18-11-14(3)9-10-24(18)19/h5-13H,1-4H3,(H,23,25). The number of carbonyl (C=O) groups is 1. The summed E-state index contributed by atoms with van der Waals surface area (Å²) in [4.78, 5) is 16.9. The van der Waals surface area contributed by atoms with Crippen molar-refractivity contribution >= 4 is 17.8 Å². The minimum atomic E-state index is -0.274. The number of hydrogen-bond donors (Lipinski definition) is 1. The third-order valence-electron chi connectivity index (χ3n) is 4.15. The summed E-state index contributed by atoms with van der Waals surface area (Å²) in [5.41, 5.74) is 7.85. The Labute approximate surface area is 147 Å². The van der Waals surface area contributed by atoms with Gasteiger partial charge < -0.3 is 0 Å². The minimum absolute atomic E-state index is 0.274. The SMILES string of the molecule is Cc1ccn2c(C(=O)NN=Cc3ccc(C(C)C)cc3)c(C)nc2c1. The largest absolute Gasteiger partial charge is 0.295 e. The fourth-order valence-corrected chi connectivity index (χ4v) is 2.72. The van der Waals surface area contributed by atoms with Gasteiger partial charge in [-0.1, -0.05) is 38.1 Å². The molecule has 5 nitrogen and oxygen atoms in total. The van der Waals surface area contributed by atoms with Gasteiger partial charge in [0.2, 0.25) is 0 Å². The van der Waals surface area contributed by atoms with Crippen molar-refractivity contribution in [3.8, 4) is 0 Å². The van der Waals surface area contributed by atoms with Crippen molar-refractivity contribution in [2.24, 2.45) is 5.10 Å². The van der Waals surface area contributed by atoms with Crippen molar-refractivity contribution in [1.82, 2.24) is 14.8 Å². The number of pyridine rings is 1. The van der Waals surface area contributed by atoms with Crippen LogP contribution in [-0.2, 0) is 0 Å². The molecule has 0 aliphatic carbocycles. The van der Waals surface area contributed by atoms with Gasteiger partial charge in [0.15, 0.2) is 0 Å². The molecule has 0 atom stereocenters. The van der Waals surface area contributed by atoms with Crippen LogP contribution < -0.4 is 5.43 Å². The molecule has 0 fully saturated rings. The summed E-state index contributed by atoms with van der Waals surface area (Å²) in [6.45, 7) is 8.14. The van der Waals surface area contributed by atoms with Crippen LogP contribution in [0.5, 0.6) is 0 Å². The predicted molar refractivity (Wildman–Crippen MR) is 100 cm³/mol. The Hall–Kier alpha value is -2.95. The summed E-state index contributed by atoms with van der Waals surface area (Å²) in [7, 11) is 0. The van der Waals surface area contributed by atoms with E-state index in [-0.39, 0.29) is 5.91 Å². The summed E-state index contributed by atoms with van der Waals surface area (Å²) >= 11 is 0. The van der Waals surface area contributed by atoms with Crippen LogP contribution in [0.1, 0.15) is 52.6 Å². The average Bonchev–Trinajstić information content (AvgIpc) is 2.90. The molecule has 0 radical (unpaired) electrons. The quantitative estimate of drug-likeness (QED) is 0.582. The third kappa shape index (κ3) is 3.60. The van der Waals surface area contributed by atoms with Gasteiger partial charge in [-0.2, -0.15) is 5.10 Å². The van der Waals surface area contributed by atoms with Crippen molar-refractivity contribution in [2.75, 3.05) is 0 Å². The highest BCUT2D eigenvalue weighted by molar-refractivity contribution is 5.95. The van der Waals surface area contributed by atoms with Gasteiger partial charge in [0.25, 0.3) is 5.91 Å². The second-order valence-corrected chi connectivity index (χ2v) is 6.50. The minimum Gasteiger partial charge on any atom is -0.295 e. The highest BCUT2D eigenvalue weighted by Crippen LogP contribution is 2.15. The molecule has 0 saturated heterocycles. The molecule has 0 saturated carbocycles. The number of rotatable bonds is 4. The van der Waals surface area contributed by atoms with Gasteiger partial charge in [0.1, 0.15) is 11.3 Å². The monoisotopic (exact) mass is 334 g/mol. The number of hydrazone groups is 1. The molecule has 0 spiro atoms. The lowest BCUT2D eigenvalue weighted by molar-refractivity contribution is 0.0948. The smallest absolute Gasteiger partial charge is 0.290 e. The van der Waals surface area contributed by atoms with E-state index < -0.39 is 0 Å². The molecule has 0 aliphatic heterocycles. The maximum atomic E-state index is 12.5. The Morgan fingerprint density at radius 1 is 1.20 bits per heavy atom. The first-order chi connectivity index (χ1) is 12.0. The number of hydrogen-bond acceptors (Lipinski definition) is 3. The Balaban J connectivity index is 1.75. The molecular formula is C20H22N4O. The molecule has 3 rings (SSSR count). The first-order valence-corrected chi connectivity index (χ1v) is 8.34. The molecule has 0 unspecified atom stereocenters. The van der Waals surface area contributed by atoms with Gasteiger partial charge in [0, 0.05) is 6.20 Å². The summed E-state index contributed by atoms with van der Waals surface area (Å²) in [5, 5.41) is 4.07. The van der Waals surface area contributed by atoms with E-state index in [1.54, 1.807) is 10.6 Å². The topological polar surface area (TPSA) is 58.8 Å². The number of aryl methyl sites for hydroxylation is 2. The van der Waals surface area contributed by atoms with E-state index in [1.807, 2.05) is 44.3 Å². The Bertz CT molecular complexity index is 936. The average molecular weight is 334 g/mol. The molecule has 5 heteroatoms. The third-order valence-corrected chi connectivity index (χ3v) is 4.15. The van der Waals surface area contributed by atoms with E-state index in [4.69, 9.17) is 0 Å². The molecule has 2 aromatic heterocycles. The predicted octanol–water partition coefficient (Wildman–Crippen LogP) is 3.84. The molecule has 2 heterocycles. The van der Waals surface area contributed by atoms with Gasteiger partial charge in [0.05, 0.1) is 11.9 Å². The summed E-state index contributed by atoms with van der Waals surface area (Å²) in [6, 6.07) is 12.0. The van der Waals surface area contributed by atoms with Crippen molar-refractivity contribution in [3.63, 3.8) is 0 Å². The zero-order chi connectivity index (χ0) is 18.0. The van der Waals surface area contributed by atoms with Crippen LogP contribution >= 0.6 is 0 Å². The van der Waals surface area contributed by atoms with Crippen molar-refractivity contribution in [2.45, 2.75) is 33.6 Å². The van der Waals surface area contributed by atoms with Crippen LogP contribution in [0.15, 0.2) is 47.7 Å². The van der Waals surface area contributed by atoms with Crippen LogP contribution in [0.25, 0.3) is 5.65 Å². The van der Waals surface area contributed by atoms with Crippen LogP contribution in [0.3, 0.4) is 0 Å². The normalized spacial score (nSPS) is 11.6. The molecule has 0 bridgehead atoms. The second-order valence-electron chi connectivity index (χ2n) is 6.50. The number of nitrogens with one attached hydrogen (secondary N) is 1. The number of fused-ring (bicyclic) bond motifs is 1. The zero-order valence-corrected chi connectivity index (χ0v) is 14.9. The maximum absolute atomic E-state index is 12.5. The Morgan fingerprint density at radius 3 is 2.60 bits per heavy atom. The van der Waals surface area contributed by atoms with E-state index in [0.29, 0.717) is 17.3 Å². The molecule has 1 aromatic carbocycles. The molecule has 1 amide bonds. The summed E-state index contributed by atoms with van der Waals surface area (Å²) in [5.74, 6) is 0.219. The highest BCUT2D eigenvalue weighted by Gasteiger charge is 2.15. The van der Waals surface area contributed by atoms with Gasteiger partial charge in [-0.05, 0) is 48.6 Å². The van der Waals surface area contributed by atoms with E-state index in [2.05, 4.69) is 41.5 Å². The van der Waals surface area contributed by atoms with Gasteiger partial charge in [-0.15, -0.1) is 0 Å². The lowest BCUT2D eigenvalue weighted by Gasteiger charge is -2.04. The van der Waals surface area contributed by atoms with Crippen LogP contribution in [-0.4, -0.2) is 21.5 Å². The summed E-state index contributed by atoms with van der Waals surface area (Å²) < 4.78 is 1.78. The van der Waals surface area contributed by atoms with Crippen LogP contribution in [0, 0.1) is 13.8 Å². The second kappa shape index (κ2) is 6.89. The first kappa shape index (κ1) is 16.9. The fourth-order valence-electron chi connectivity index (χ4n) is 2.72. The molecule has 25 heavy (non-hydrogen) atoms. The highest BCUT2D eigenvalue weighted by atomic mass is 16.2. The first-order valence-electron chi connectivity index (χ1n) is 8.34. The molecule has 128 valence electrons. The van der Waals surface area contributed by atoms with Gasteiger partial charge in [-0.25, -0.2) is 10.4 Å². The van der Waals surface area contributed by atoms with Crippen LogP contribution in [0.2, 0.25) is 0 Å². The number of carbonyl (C=O) groups excluding carboxylic acids is 1. The van der Waals surface area contributed by atoms with Gasteiger partial charge in [-0.3, -0.25) is 9.20 Å². The van der Waals surface area contributed by atoms with Crippen LogP contribution in [0.4, 0.5) is 0 Å². The number of imidazole rings is 1.